The van der Waals surface area contributed by atoms with E-state index in [0.29, 0.717) is 35.6 Å². The van der Waals surface area contributed by atoms with Crippen LogP contribution in [0.1, 0.15) is 75.1 Å². The van der Waals surface area contributed by atoms with Crippen LogP contribution in [-0.2, 0) is 69.9 Å². The number of carbonyl (C=O) groups excluding carboxylic acids is 4. The van der Waals surface area contributed by atoms with E-state index in [1.807, 2.05) is 13.8 Å². The molecule has 4 rings (SSSR count). The van der Waals surface area contributed by atoms with E-state index in [-0.39, 0.29) is 39.6 Å². The number of carboxylic acids is 4. The Labute approximate surface area is 400 Å². The average molecular weight is 999 g/mol. The molecule has 0 amide bonds. The van der Waals surface area contributed by atoms with Crippen molar-refractivity contribution >= 4 is 23.9 Å². The summed E-state index contributed by atoms with van der Waals surface area (Å²) in [6.45, 7) is 1.69. The van der Waals surface area contributed by atoms with E-state index in [0.717, 1.165) is 54.1 Å². The standard InChI is InChI=1S/2C19H23N3O4.4CH4O.2Fe.O2.O/c2*1-2-3-10-19(15-8-4-6-11-20-15,16-9-5-7-12-21-16)22(13-17(23)24)14-18(25)26;4*1-2;;;1-2;/h2*4-9,11-12H,2-3,10,13-14H2,1H3,(H,23,24)(H,25,26);4*2H,1H3;;;;/q;;;;;;2*+3;;-2/p-4. The van der Waals surface area contributed by atoms with Crippen molar-refractivity contribution in [3.63, 3.8) is 0 Å². The molecule has 0 fully saturated rings. The number of hydrogen-bond acceptors (Lipinski definition) is 20. The molecule has 4 heterocycles. The topological polar surface area (TPSA) is 362 Å². The van der Waals surface area contributed by atoms with E-state index >= 15 is 0 Å². The minimum Gasteiger partial charge on any atom is -2.00 e. The largest absolute Gasteiger partial charge is 3.00 e. The first-order chi connectivity index (χ1) is 30.0. The van der Waals surface area contributed by atoms with Crippen molar-refractivity contribution in [2.24, 2.45) is 0 Å². The van der Waals surface area contributed by atoms with Gasteiger partial charge < -0.3 is 65.5 Å². The molecular formula is C42H58Fe2N6O15. The molecule has 0 aliphatic rings. The number of nitrogens with zero attached hydrogens (tertiary/aromatic N) is 6. The molecule has 0 saturated heterocycles. The third kappa shape index (κ3) is 24.1. The molecule has 0 bridgehead atoms. The molecule has 0 atom stereocenters. The fraction of sp³-hybridized carbons (Fsp3) is 0.429. The van der Waals surface area contributed by atoms with Crippen molar-refractivity contribution in [1.82, 2.24) is 29.7 Å². The molecule has 362 valence electrons. The van der Waals surface area contributed by atoms with Crippen LogP contribution in [0.3, 0.4) is 0 Å². The second-order valence-corrected chi connectivity index (χ2v) is 12.0. The van der Waals surface area contributed by atoms with E-state index in [1.54, 1.807) is 97.6 Å². The first-order valence-corrected chi connectivity index (χ1v) is 18.9. The number of aromatic nitrogens is 4. The summed E-state index contributed by atoms with van der Waals surface area (Å²) in [4.78, 5) is 79.7. The van der Waals surface area contributed by atoms with Crippen molar-refractivity contribution < 1.29 is 99.6 Å². The van der Waals surface area contributed by atoms with Crippen molar-refractivity contribution in [3.8, 4) is 0 Å². The van der Waals surface area contributed by atoms with Crippen molar-refractivity contribution in [2.45, 2.75) is 63.5 Å². The molecule has 0 aliphatic heterocycles. The van der Waals surface area contributed by atoms with Crippen LogP contribution in [0, 0.1) is 9.93 Å². The van der Waals surface area contributed by atoms with Crippen LogP contribution in [0.5, 0.6) is 0 Å². The maximum atomic E-state index is 11.4. The molecule has 0 aromatic carbocycles. The summed E-state index contributed by atoms with van der Waals surface area (Å²) in [5, 5.41) is 73.5. The van der Waals surface area contributed by atoms with Crippen molar-refractivity contribution in [2.75, 3.05) is 54.6 Å². The number of unbranched alkanes of at least 4 members (excludes halogenated alkanes) is 2. The van der Waals surface area contributed by atoms with Gasteiger partial charge in [0.1, 0.15) is 11.1 Å². The Morgan fingerprint density at radius 3 is 0.800 bits per heavy atom. The average Bonchev–Trinajstić information content (AvgIpc) is 3.31. The van der Waals surface area contributed by atoms with Crippen LogP contribution in [0.4, 0.5) is 0 Å². The zero-order valence-corrected chi connectivity index (χ0v) is 39.2. The molecule has 4 aromatic heterocycles. The summed E-state index contributed by atoms with van der Waals surface area (Å²) in [6.07, 6.45) is 10.4. The van der Waals surface area contributed by atoms with Crippen LogP contribution in [0.25, 0.3) is 0 Å². The smallest absolute Gasteiger partial charge is 2.00 e. The van der Waals surface area contributed by atoms with Gasteiger partial charge in [0.25, 0.3) is 0 Å². The summed E-state index contributed by atoms with van der Waals surface area (Å²) in [5.41, 5.74) is -0.0780. The molecule has 0 unspecified atom stereocenters. The van der Waals surface area contributed by atoms with Crippen molar-refractivity contribution in [1.29, 1.82) is 0 Å². The molecule has 0 saturated carbocycles. The van der Waals surface area contributed by atoms with Gasteiger partial charge in [-0.1, -0.05) is 63.8 Å². The second kappa shape index (κ2) is 44.1. The van der Waals surface area contributed by atoms with Gasteiger partial charge in [0.2, 0.25) is 0 Å². The van der Waals surface area contributed by atoms with Crippen LogP contribution < -0.4 is 20.4 Å². The number of aliphatic carboxylic acids is 4. The number of pyridine rings is 4. The van der Waals surface area contributed by atoms with Crippen molar-refractivity contribution in [3.05, 3.63) is 130 Å². The Balaban J connectivity index is -0.000000216. The van der Waals surface area contributed by atoms with Gasteiger partial charge in [0, 0.05) is 89.3 Å². The number of carbonyl (C=O) groups is 4. The summed E-state index contributed by atoms with van der Waals surface area (Å²) in [7, 11) is 4.00. The molecule has 0 aliphatic carbocycles. The molecule has 2 radical (unpaired) electrons. The molecule has 23 heteroatoms. The van der Waals surface area contributed by atoms with Crippen LogP contribution >= 0.6 is 0 Å². The van der Waals surface area contributed by atoms with Gasteiger partial charge in [0.05, 0.1) is 46.7 Å². The third-order valence-corrected chi connectivity index (χ3v) is 8.50. The summed E-state index contributed by atoms with van der Waals surface area (Å²) in [6, 6.07) is 21.1. The van der Waals surface area contributed by atoms with Crippen LogP contribution in [0.2, 0.25) is 0 Å². The molecular weight excluding hydrogens is 940 g/mol. The quantitative estimate of drug-likeness (QED) is 0.0683. The Morgan fingerprint density at radius 1 is 0.462 bits per heavy atom. The number of aliphatic hydroxyl groups is 4. The first-order valence-electron chi connectivity index (χ1n) is 18.9. The predicted molar refractivity (Wildman–Crippen MR) is 221 cm³/mol. The SMILES string of the molecule is CCCCC(c1ccccn1)(c1ccccn1)N(CC(=O)[O-])CC(=O)[O-].CCCCC(c1ccccn1)(c1ccccn1)N(CC(=O)[O-])CC(=O)[O-].CO.CO.CO.CO.O=O.[Fe+3].[Fe+3].[O-2]. The third-order valence-electron chi connectivity index (χ3n) is 8.50. The maximum absolute atomic E-state index is 11.4. The minimum absolute atomic E-state index is 0. The zero-order valence-electron chi connectivity index (χ0n) is 37.0. The van der Waals surface area contributed by atoms with Crippen LogP contribution in [-0.4, -0.2) is 129 Å². The van der Waals surface area contributed by atoms with E-state index < -0.39 is 61.1 Å². The van der Waals surface area contributed by atoms with E-state index in [4.69, 9.17) is 30.4 Å². The number of aliphatic hydroxyl groups excluding tert-OH is 4. The first kappa shape index (κ1) is 71.5. The van der Waals surface area contributed by atoms with Gasteiger partial charge in [0.15, 0.2) is 0 Å². The Morgan fingerprint density at radius 2 is 0.662 bits per heavy atom. The van der Waals surface area contributed by atoms with Gasteiger partial charge in [-0.25, -0.2) is 0 Å². The van der Waals surface area contributed by atoms with Gasteiger partial charge in [-0.15, -0.1) is 0 Å². The number of hydrogen-bond donors (Lipinski definition) is 4. The molecule has 4 N–H and O–H groups in total. The molecule has 21 nitrogen and oxygen atoms in total. The van der Waals surface area contributed by atoms with Gasteiger partial charge in [-0.2, -0.15) is 0 Å². The number of rotatable bonds is 20. The molecule has 65 heavy (non-hydrogen) atoms. The Bertz CT molecular complexity index is 1510. The van der Waals surface area contributed by atoms with E-state index in [9.17, 15) is 39.6 Å². The van der Waals surface area contributed by atoms with Gasteiger partial charge >= 0.3 is 34.1 Å². The number of carboxylic acid groups (broad SMARTS) is 4. The minimum atomic E-state index is -1.38. The Hall–Kier alpha value is -5.16. The predicted octanol–water partition coefficient (Wildman–Crippen LogP) is -2.20. The van der Waals surface area contributed by atoms with Gasteiger partial charge in [-0.3, -0.25) is 29.7 Å². The molecule has 4 aromatic rings. The summed E-state index contributed by atoms with van der Waals surface area (Å²) in [5.74, 6) is -5.50. The fourth-order valence-corrected chi connectivity index (χ4v) is 6.31. The second-order valence-electron chi connectivity index (χ2n) is 12.0. The summed E-state index contributed by atoms with van der Waals surface area (Å²) < 4.78 is 0. The normalized spacial score (nSPS) is 9.60. The zero-order chi connectivity index (χ0) is 48.0. The van der Waals surface area contributed by atoms with Gasteiger partial charge in [-0.05, 0) is 61.4 Å². The van der Waals surface area contributed by atoms with Crippen LogP contribution in [0.15, 0.2) is 97.6 Å². The maximum Gasteiger partial charge on any atom is 3.00 e. The summed E-state index contributed by atoms with van der Waals surface area (Å²) >= 11 is 0. The van der Waals surface area contributed by atoms with E-state index in [2.05, 4.69) is 19.9 Å². The molecule has 0 spiro atoms. The monoisotopic (exact) mass is 998 g/mol. The Kier molecular flexibility index (Phi) is 48.4. The fourth-order valence-electron chi connectivity index (χ4n) is 6.31. The van der Waals surface area contributed by atoms with E-state index in [1.165, 1.54) is 9.80 Å².